The van der Waals surface area contributed by atoms with Gasteiger partial charge in [0, 0.05) is 11.6 Å². The second kappa shape index (κ2) is 7.60. The Morgan fingerprint density at radius 1 is 1.00 bits per heavy atom. The van der Waals surface area contributed by atoms with Crippen molar-refractivity contribution in [1.29, 1.82) is 0 Å². The Balaban J connectivity index is 1.77. The molecule has 0 saturated heterocycles. The number of hydrogen-bond donors (Lipinski definition) is 2. The van der Waals surface area contributed by atoms with Crippen molar-refractivity contribution in [2.45, 2.75) is 19.9 Å². The number of nitrogens with one attached hydrogen (secondary N) is 2. The van der Waals surface area contributed by atoms with Gasteiger partial charge in [0.25, 0.3) is 11.8 Å². The minimum Gasteiger partial charge on any atom is -0.350 e. The smallest absolute Gasteiger partial charge is 0.255 e. The Labute approximate surface area is 151 Å². The van der Waals surface area contributed by atoms with Crippen molar-refractivity contribution in [3.8, 4) is 5.69 Å². The van der Waals surface area contributed by atoms with Gasteiger partial charge in [-0.25, -0.2) is 4.68 Å². The SMILES string of the molecule is CC(C)NC(=O)c1ccccc1NC(=O)c1ccc(-n2ccnn2)cc1. The van der Waals surface area contributed by atoms with E-state index in [0.717, 1.165) is 5.69 Å². The quantitative estimate of drug-likeness (QED) is 0.741. The van der Waals surface area contributed by atoms with Crippen LogP contribution in [0.2, 0.25) is 0 Å². The van der Waals surface area contributed by atoms with Crippen LogP contribution in [0.25, 0.3) is 5.69 Å². The number of nitrogens with zero attached hydrogens (tertiary/aromatic N) is 3. The van der Waals surface area contributed by atoms with E-state index in [1.165, 1.54) is 0 Å². The molecule has 7 heteroatoms. The van der Waals surface area contributed by atoms with E-state index in [0.29, 0.717) is 16.8 Å². The topological polar surface area (TPSA) is 88.9 Å². The number of anilines is 1. The molecule has 0 fully saturated rings. The minimum atomic E-state index is -0.292. The first-order valence-corrected chi connectivity index (χ1v) is 8.22. The van der Waals surface area contributed by atoms with Gasteiger partial charge in [0.1, 0.15) is 0 Å². The molecule has 2 N–H and O–H groups in total. The third-order valence-electron chi connectivity index (χ3n) is 3.66. The molecule has 0 bridgehead atoms. The standard InChI is InChI=1S/C19H19N5O2/c1-13(2)21-19(26)16-5-3-4-6-17(16)22-18(25)14-7-9-15(10-8-14)24-12-11-20-23-24/h3-13H,1-2H3,(H,21,26)(H,22,25). The molecule has 0 spiro atoms. The molecule has 26 heavy (non-hydrogen) atoms. The fourth-order valence-corrected chi connectivity index (χ4v) is 2.44. The molecule has 2 aromatic carbocycles. The molecule has 0 aliphatic carbocycles. The van der Waals surface area contributed by atoms with Crippen molar-refractivity contribution in [3.05, 3.63) is 72.1 Å². The van der Waals surface area contributed by atoms with Gasteiger partial charge in [-0.15, -0.1) is 5.10 Å². The van der Waals surface area contributed by atoms with Crippen LogP contribution in [0, 0.1) is 0 Å². The third-order valence-corrected chi connectivity index (χ3v) is 3.66. The van der Waals surface area contributed by atoms with E-state index in [1.807, 2.05) is 13.8 Å². The number of carbonyl (C=O) groups is 2. The summed E-state index contributed by atoms with van der Waals surface area (Å²) >= 11 is 0. The van der Waals surface area contributed by atoms with Gasteiger partial charge in [0.2, 0.25) is 0 Å². The number of aromatic nitrogens is 3. The summed E-state index contributed by atoms with van der Waals surface area (Å²) in [5, 5.41) is 13.3. The summed E-state index contributed by atoms with van der Waals surface area (Å²) in [4.78, 5) is 24.8. The lowest BCUT2D eigenvalue weighted by Crippen LogP contribution is -2.31. The van der Waals surface area contributed by atoms with E-state index in [1.54, 1.807) is 65.6 Å². The third kappa shape index (κ3) is 3.94. The molecule has 2 amide bonds. The summed E-state index contributed by atoms with van der Waals surface area (Å²) in [7, 11) is 0. The van der Waals surface area contributed by atoms with E-state index < -0.39 is 0 Å². The highest BCUT2D eigenvalue weighted by Crippen LogP contribution is 2.17. The van der Waals surface area contributed by atoms with Crippen molar-refractivity contribution in [2.24, 2.45) is 0 Å². The maximum absolute atomic E-state index is 12.5. The Bertz CT molecular complexity index is 902. The summed E-state index contributed by atoms with van der Waals surface area (Å²) in [5.74, 6) is -0.516. The molecule has 1 aromatic heterocycles. The van der Waals surface area contributed by atoms with Crippen LogP contribution in [0.1, 0.15) is 34.6 Å². The van der Waals surface area contributed by atoms with Gasteiger partial charge in [-0.05, 0) is 50.2 Å². The predicted octanol–water partition coefficient (Wildman–Crippen LogP) is 2.66. The van der Waals surface area contributed by atoms with E-state index in [9.17, 15) is 9.59 Å². The molecule has 0 aliphatic heterocycles. The van der Waals surface area contributed by atoms with Gasteiger partial charge >= 0.3 is 0 Å². The van der Waals surface area contributed by atoms with E-state index in [4.69, 9.17) is 0 Å². The van der Waals surface area contributed by atoms with Crippen molar-refractivity contribution >= 4 is 17.5 Å². The number of para-hydroxylation sites is 1. The van der Waals surface area contributed by atoms with Crippen LogP contribution in [-0.4, -0.2) is 32.9 Å². The first-order chi connectivity index (χ1) is 12.5. The van der Waals surface area contributed by atoms with Crippen LogP contribution >= 0.6 is 0 Å². The highest BCUT2D eigenvalue weighted by atomic mass is 16.2. The number of benzene rings is 2. The minimum absolute atomic E-state index is 0.00980. The van der Waals surface area contributed by atoms with Gasteiger partial charge in [-0.2, -0.15) is 0 Å². The summed E-state index contributed by atoms with van der Waals surface area (Å²) in [6, 6.07) is 13.9. The molecule has 0 unspecified atom stereocenters. The molecule has 3 aromatic rings. The zero-order valence-corrected chi connectivity index (χ0v) is 14.5. The van der Waals surface area contributed by atoms with Crippen molar-refractivity contribution < 1.29 is 9.59 Å². The Morgan fingerprint density at radius 3 is 2.38 bits per heavy atom. The zero-order chi connectivity index (χ0) is 18.5. The van der Waals surface area contributed by atoms with Crippen LogP contribution < -0.4 is 10.6 Å². The van der Waals surface area contributed by atoms with E-state index in [2.05, 4.69) is 20.9 Å². The number of rotatable bonds is 5. The van der Waals surface area contributed by atoms with Crippen LogP contribution in [-0.2, 0) is 0 Å². The summed E-state index contributed by atoms with van der Waals surface area (Å²) < 4.78 is 1.60. The van der Waals surface area contributed by atoms with Crippen molar-refractivity contribution in [2.75, 3.05) is 5.32 Å². The van der Waals surface area contributed by atoms with Gasteiger partial charge in [0.05, 0.1) is 29.3 Å². The molecule has 7 nitrogen and oxygen atoms in total. The molecule has 0 radical (unpaired) electrons. The van der Waals surface area contributed by atoms with Gasteiger partial charge < -0.3 is 10.6 Å². The zero-order valence-electron chi connectivity index (χ0n) is 14.5. The first kappa shape index (κ1) is 17.3. The first-order valence-electron chi connectivity index (χ1n) is 8.22. The lowest BCUT2D eigenvalue weighted by Gasteiger charge is -2.13. The van der Waals surface area contributed by atoms with Crippen LogP contribution in [0.15, 0.2) is 60.9 Å². The Hall–Kier alpha value is -3.48. The number of carbonyl (C=O) groups excluding carboxylic acids is 2. The summed E-state index contributed by atoms with van der Waals surface area (Å²) in [6.45, 7) is 3.77. The largest absolute Gasteiger partial charge is 0.350 e. The number of hydrogen-bond acceptors (Lipinski definition) is 4. The van der Waals surface area contributed by atoms with Crippen LogP contribution in [0.5, 0.6) is 0 Å². The van der Waals surface area contributed by atoms with E-state index >= 15 is 0 Å². The van der Waals surface area contributed by atoms with Crippen molar-refractivity contribution in [1.82, 2.24) is 20.3 Å². The molecule has 3 rings (SSSR count). The monoisotopic (exact) mass is 349 g/mol. The second-order valence-electron chi connectivity index (χ2n) is 6.02. The van der Waals surface area contributed by atoms with E-state index in [-0.39, 0.29) is 17.9 Å². The molecule has 0 atom stereocenters. The molecular formula is C19H19N5O2. The highest BCUT2D eigenvalue weighted by Gasteiger charge is 2.14. The molecule has 0 saturated carbocycles. The van der Waals surface area contributed by atoms with Gasteiger partial charge in [-0.1, -0.05) is 17.3 Å². The molecule has 0 aliphatic rings. The molecule has 132 valence electrons. The molecule has 1 heterocycles. The van der Waals surface area contributed by atoms with Gasteiger partial charge in [-0.3, -0.25) is 9.59 Å². The fraction of sp³-hybridized carbons (Fsp3) is 0.158. The van der Waals surface area contributed by atoms with Crippen LogP contribution in [0.4, 0.5) is 5.69 Å². The summed E-state index contributed by atoms with van der Waals surface area (Å²) in [5.41, 5.74) is 2.17. The maximum Gasteiger partial charge on any atom is 0.255 e. The summed E-state index contributed by atoms with van der Waals surface area (Å²) in [6.07, 6.45) is 3.30. The average Bonchev–Trinajstić information content (AvgIpc) is 3.16. The van der Waals surface area contributed by atoms with Crippen molar-refractivity contribution in [3.63, 3.8) is 0 Å². The van der Waals surface area contributed by atoms with Gasteiger partial charge in [0.15, 0.2) is 0 Å². The normalized spacial score (nSPS) is 10.6. The Kier molecular flexibility index (Phi) is 5.07. The fourth-order valence-electron chi connectivity index (χ4n) is 2.44. The Morgan fingerprint density at radius 2 is 1.73 bits per heavy atom. The maximum atomic E-state index is 12.5. The second-order valence-corrected chi connectivity index (χ2v) is 6.02. The lowest BCUT2D eigenvalue weighted by atomic mass is 10.1. The van der Waals surface area contributed by atoms with Crippen LogP contribution in [0.3, 0.4) is 0 Å². The predicted molar refractivity (Wildman–Crippen MR) is 98.4 cm³/mol. The average molecular weight is 349 g/mol. The number of amides is 2. The molecular weight excluding hydrogens is 330 g/mol. The lowest BCUT2D eigenvalue weighted by molar-refractivity contribution is 0.0944. The highest BCUT2D eigenvalue weighted by molar-refractivity contribution is 6.09.